The van der Waals surface area contributed by atoms with Crippen molar-refractivity contribution < 1.29 is 33.0 Å². The van der Waals surface area contributed by atoms with Crippen LogP contribution in [0.5, 0.6) is 5.75 Å². The molecule has 0 aromatic heterocycles. The van der Waals surface area contributed by atoms with Crippen LogP contribution in [-0.2, 0) is 42.8 Å². The van der Waals surface area contributed by atoms with Crippen LogP contribution in [0.3, 0.4) is 0 Å². The van der Waals surface area contributed by atoms with E-state index in [1.165, 1.54) is 12.1 Å². The van der Waals surface area contributed by atoms with Gasteiger partial charge >= 0.3 is 5.97 Å². The molecule has 0 fully saturated rings. The van der Waals surface area contributed by atoms with Crippen molar-refractivity contribution >= 4 is 33.2 Å². The lowest BCUT2D eigenvalue weighted by molar-refractivity contribution is -0.138. The lowest BCUT2D eigenvalue weighted by Gasteiger charge is -2.22. The summed E-state index contributed by atoms with van der Waals surface area (Å²) in [4.78, 5) is 38.1. The summed E-state index contributed by atoms with van der Waals surface area (Å²) >= 11 is 0. The van der Waals surface area contributed by atoms with Crippen LogP contribution in [0.4, 0.5) is 0 Å². The number of rotatable bonds is 17. The molecule has 1 amide bonds. The zero-order valence-corrected chi connectivity index (χ0v) is 24.8. The van der Waals surface area contributed by atoms with Crippen LogP contribution in [0.25, 0.3) is 5.70 Å². The van der Waals surface area contributed by atoms with Gasteiger partial charge in [0.1, 0.15) is 5.75 Å². The number of carbonyl (C=O) groups is 3. The summed E-state index contributed by atoms with van der Waals surface area (Å²) in [5.74, 6) is -3.65. The molecule has 0 aliphatic rings. The Morgan fingerprint density at radius 3 is 2.02 bits per heavy atom. The molecule has 0 radical (unpaired) electrons. The lowest BCUT2D eigenvalue weighted by atomic mass is 9.96. The van der Waals surface area contributed by atoms with E-state index in [1.807, 2.05) is 12.1 Å². The van der Waals surface area contributed by atoms with Crippen molar-refractivity contribution in [1.82, 2.24) is 5.32 Å². The Labute approximate surface area is 252 Å². The number of carbonyl (C=O) groups excluding carboxylic acids is 2. The third-order valence-electron chi connectivity index (χ3n) is 7.11. The van der Waals surface area contributed by atoms with Crippen LogP contribution >= 0.6 is 0 Å². The van der Waals surface area contributed by atoms with Gasteiger partial charge in [-0.1, -0.05) is 73.3 Å². The monoisotopic (exact) mass is 606 g/mol. The number of carboxylic acids is 1. The van der Waals surface area contributed by atoms with Gasteiger partial charge in [-0.05, 0) is 60.1 Å². The van der Waals surface area contributed by atoms with Crippen molar-refractivity contribution in [2.75, 3.05) is 5.75 Å². The number of amides is 1. The van der Waals surface area contributed by atoms with E-state index in [0.29, 0.717) is 24.1 Å². The Morgan fingerprint density at radius 1 is 0.814 bits per heavy atom. The second-order valence-corrected chi connectivity index (χ2v) is 12.7. The number of hydrogen-bond acceptors (Lipinski definition) is 7. The van der Waals surface area contributed by atoms with Crippen molar-refractivity contribution in [3.63, 3.8) is 0 Å². The number of nitrogens with one attached hydrogen (secondary N) is 1. The molecule has 0 bridgehead atoms. The molecule has 10 heteroatoms. The highest BCUT2D eigenvalue weighted by atomic mass is 32.2. The number of sulfone groups is 1. The van der Waals surface area contributed by atoms with E-state index in [2.05, 4.69) is 11.9 Å². The SMILES string of the molecule is C=C(N)c1ccc(CCC(=O)[C@H](CCC(=O)O)NC(=O)[C@@H](CCc2ccc(O)cc2)CS(=O)(=O)Cc2ccccc2)cc1. The van der Waals surface area contributed by atoms with Crippen LogP contribution in [0, 0.1) is 5.92 Å². The maximum Gasteiger partial charge on any atom is 0.303 e. The molecule has 0 unspecified atom stereocenters. The number of nitrogens with two attached hydrogens (primary N) is 1. The Bertz CT molecular complexity index is 1500. The molecule has 43 heavy (non-hydrogen) atoms. The van der Waals surface area contributed by atoms with E-state index in [9.17, 15) is 33.0 Å². The maximum absolute atomic E-state index is 13.5. The molecule has 5 N–H and O–H groups in total. The predicted octanol–water partition coefficient (Wildman–Crippen LogP) is 4.04. The number of phenolic OH excluding ortho intramolecular Hbond substituents is 1. The molecule has 3 aromatic carbocycles. The second-order valence-electron chi connectivity index (χ2n) is 10.6. The van der Waals surface area contributed by atoms with E-state index in [0.717, 1.165) is 16.7 Å². The minimum Gasteiger partial charge on any atom is -0.508 e. The minimum atomic E-state index is -3.72. The average molecular weight is 607 g/mol. The molecule has 0 spiro atoms. The highest BCUT2D eigenvalue weighted by Gasteiger charge is 2.29. The van der Waals surface area contributed by atoms with Gasteiger partial charge in [0.25, 0.3) is 0 Å². The molecule has 9 nitrogen and oxygen atoms in total. The van der Waals surface area contributed by atoms with E-state index in [-0.39, 0.29) is 43.0 Å². The molecule has 2 atom stereocenters. The van der Waals surface area contributed by atoms with Gasteiger partial charge in [-0.2, -0.15) is 0 Å². The molecular weight excluding hydrogens is 568 g/mol. The van der Waals surface area contributed by atoms with Crippen LogP contribution in [0.1, 0.15) is 47.9 Å². The largest absolute Gasteiger partial charge is 0.508 e. The lowest BCUT2D eigenvalue weighted by Crippen LogP contribution is -2.45. The number of benzene rings is 3. The topological polar surface area (TPSA) is 164 Å². The first-order valence-electron chi connectivity index (χ1n) is 14.0. The Balaban J connectivity index is 1.75. The van der Waals surface area contributed by atoms with E-state index < -0.39 is 39.4 Å². The zero-order chi connectivity index (χ0) is 31.4. The average Bonchev–Trinajstić information content (AvgIpc) is 2.97. The Hall–Kier alpha value is -4.44. The Morgan fingerprint density at radius 2 is 1.42 bits per heavy atom. The zero-order valence-electron chi connectivity index (χ0n) is 23.9. The van der Waals surface area contributed by atoms with Gasteiger partial charge in [0.05, 0.1) is 23.5 Å². The fourth-order valence-corrected chi connectivity index (χ4v) is 6.43. The molecular formula is C33H38N2O7S. The van der Waals surface area contributed by atoms with Crippen molar-refractivity contribution in [2.45, 2.75) is 50.3 Å². The third-order valence-corrected chi connectivity index (χ3v) is 8.79. The molecule has 0 heterocycles. The van der Waals surface area contributed by atoms with E-state index in [1.54, 1.807) is 54.6 Å². The normalized spacial score (nSPS) is 12.7. The molecule has 0 saturated carbocycles. The third kappa shape index (κ3) is 11.4. The maximum atomic E-state index is 13.5. The van der Waals surface area contributed by atoms with Gasteiger partial charge in [-0.3, -0.25) is 14.4 Å². The number of Topliss-reactive ketones (excluding diaryl/α,β-unsaturated/α-hetero) is 1. The first kappa shape index (κ1) is 33.1. The van der Waals surface area contributed by atoms with Crippen molar-refractivity contribution in [1.29, 1.82) is 0 Å². The molecule has 3 rings (SSSR count). The molecule has 0 aliphatic carbocycles. The standard InChI is InChI=1S/C33H38N2O7S/c1-23(34)27-13-7-24(8-14-27)12-19-31(37)30(18-20-32(38)39)35-33(40)28(15-9-25-10-16-29(36)17-11-25)22-43(41,42)21-26-5-3-2-4-6-26/h2-8,10-11,13-14,16-17,28,30,36H,1,9,12,15,18-22,34H2,(H,35,40)(H,38,39)/t28-,30-/m0/s1. The summed E-state index contributed by atoms with van der Waals surface area (Å²) in [6, 6.07) is 21.2. The summed E-state index contributed by atoms with van der Waals surface area (Å²) in [6.07, 6.45) is 0.493. The number of aryl methyl sites for hydroxylation is 2. The van der Waals surface area contributed by atoms with Gasteiger partial charge in [0, 0.05) is 18.5 Å². The van der Waals surface area contributed by atoms with Crippen molar-refractivity contribution in [3.05, 3.63) is 108 Å². The van der Waals surface area contributed by atoms with Gasteiger partial charge in [0.15, 0.2) is 15.6 Å². The predicted molar refractivity (Wildman–Crippen MR) is 166 cm³/mol. The number of aromatic hydroxyl groups is 1. The number of hydrogen-bond donors (Lipinski definition) is 4. The first-order valence-corrected chi connectivity index (χ1v) is 15.8. The second kappa shape index (κ2) is 15.7. The van der Waals surface area contributed by atoms with Crippen LogP contribution in [-0.4, -0.2) is 48.1 Å². The summed E-state index contributed by atoms with van der Waals surface area (Å²) in [5, 5.41) is 21.5. The van der Waals surface area contributed by atoms with Crippen LogP contribution < -0.4 is 11.1 Å². The number of carboxylic acid groups (broad SMARTS) is 1. The number of ketones is 1. The van der Waals surface area contributed by atoms with Gasteiger partial charge in [0.2, 0.25) is 5.91 Å². The number of aliphatic carboxylic acids is 1. The molecule has 228 valence electrons. The highest BCUT2D eigenvalue weighted by Crippen LogP contribution is 2.19. The summed E-state index contributed by atoms with van der Waals surface area (Å²) in [6.45, 7) is 3.69. The molecule has 3 aromatic rings. The van der Waals surface area contributed by atoms with E-state index >= 15 is 0 Å². The highest BCUT2D eigenvalue weighted by molar-refractivity contribution is 7.90. The van der Waals surface area contributed by atoms with Gasteiger partial charge < -0.3 is 21.3 Å². The summed E-state index contributed by atoms with van der Waals surface area (Å²) in [7, 11) is -3.72. The fraction of sp³-hybridized carbons (Fsp3) is 0.303. The van der Waals surface area contributed by atoms with Crippen molar-refractivity contribution in [3.8, 4) is 5.75 Å². The smallest absolute Gasteiger partial charge is 0.303 e. The Kier molecular flexibility index (Phi) is 12.1. The molecule has 0 saturated heterocycles. The quantitative estimate of drug-likeness (QED) is 0.179. The van der Waals surface area contributed by atoms with Gasteiger partial charge in [-0.25, -0.2) is 8.42 Å². The summed E-state index contributed by atoms with van der Waals surface area (Å²) in [5.41, 5.74) is 9.16. The first-order chi connectivity index (χ1) is 20.4. The fourth-order valence-electron chi connectivity index (χ4n) is 4.69. The minimum absolute atomic E-state index is 0.0535. The van der Waals surface area contributed by atoms with Crippen LogP contribution in [0.2, 0.25) is 0 Å². The van der Waals surface area contributed by atoms with E-state index in [4.69, 9.17) is 5.73 Å². The van der Waals surface area contributed by atoms with Crippen molar-refractivity contribution in [2.24, 2.45) is 11.7 Å². The van der Waals surface area contributed by atoms with Crippen LogP contribution in [0.15, 0.2) is 85.4 Å². The molecule has 0 aliphatic heterocycles. The number of phenols is 1. The van der Waals surface area contributed by atoms with Gasteiger partial charge in [-0.15, -0.1) is 0 Å². The summed E-state index contributed by atoms with van der Waals surface area (Å²) < 4.78 is 26.3.